The van der Waals surface area contributed by atoms with Gasteiger partial charge in [-0.25, -0.2) is 4.98 Å². The molecule has 0 bridgehead atoms. The third-order valence-corrected chi connectivity index (χ3v) is 4.08. The molecule has 0 atom stereocenters. The summed E-state index contributed by atoms with van der Waals surface area (Å²) in [5, 5.41) is 0.619. The Hall–Kier alpha value is -3.20. The molecule has 0 saturated heterocycles. The molecule has 0 amide bonds. The number of benzene rings is 3. The van der Waals surface area contributed by atoms with Crippen molar-refractivity contribution in [3.05, 3.63) is 101 Å². The number of hydrogen-bond acceptors (Lipinski definition) is 2. The standard InChI is InChI=1S/C21H16N2O/c24-21-18-14-17(16-9-5-2-6-10-16)11-12-19(18)22-20(23-21)13-15-7-3-1-4-8-15/h1-12,14H,13H2,(H,22,23,24). The van der Waals surface area contributed by atoms with Crippen molar-refractivity contribution in [2.45, 2.75) is 6.42 Å². The van der Waals surface area contributed by atoms with Crippen molar-refractivity contribution in [3.63, 3.8) is 0 Å². The summed E-state index contributed by atoms with van der Waals surface area (Å²) in [6.07, 6.45) is 0.618. The van der Waals surface area contributed by atoms with Gasteiger partial charge in [0.15, 0.2) is 0 Å². The Morgan fingerprint density at radius 3 is 2.25 bits per heavy atom. The van der Waals surface area contributed by atoms with E-state index in [0.29, 0.717) is 17.6 Å². The van der Waals surface area contributed by atoms with Crippen molar-refractivity contribution in [1.82, 2.24) is 9.97 Å². The molecular formula is C21H16N2O. The average Bonchev–Trinajstić information content (AvgIpc) is 2.63. The lowest BCUT2D eigenvalue weighted by molar-refractivity contribution is 0.973. The highest BCUT2D eigenvalue weighted by atomic mass is 16.1. The van der Waals surface area contributed by atoms with Gasteiger partial charge in [0.25, 0.3) is 5.56 Å². The Labute approximate surface area is 139 Å². The first kappa shape index (κ1) is 14.4. The number of nitrogens with one attached hydrogen (secondary N) is 1. The minimum atomic E-state index is -0.0938. The second-order valence-electron chi connectivity index (χ2n) is 5.77. The molecule has 3 heteroatoms. The molecule has 0 fully saturated rings. The van der Waals surface area contributed by atoms with Gasteiger partial charge in [-0.3, -0.25) is 4.79 Å². The van der Waals surface area contributed by atoms with E-state index >= 15 is 0 Å². The lowest BCUT2D eigenvalue weighted by Gasteiger charge is -2.06. The van der Waals surface area contributed by atoms with Crippen LogP contribution in [0.25, 0.3) is 22.0 Å². The molecular weight excluding hydrogens is 296 g/mol. The zero-order valence-electron chi connectivity index (χ0n) is 13.1. The maximum atomic E-state index is 12.5. The van der Waals surface area contributed by atoms with Crippen molar-refractivity contribution in [2.24, 2.45) is 0 Å². The summed E-state index contributed by atoms with van der Waals surface area (Å²) < 4.78 is 0. The first-order chi connectivity index (χ1) is 11.8. The van der Waals surface area contributed by atoms with E-state index in [1.807, 2.05) is 78.9 Å². The van der Waals surface area contributed by atoms with E-state index in [4.69, 9.17) is 0 Å². The minimum absolute atomic E-state index is 0.0938. The maximum Gasteiger partial charge on any atom is 0.258 e. The van der Waals surface area contributed by atoms with Gasteiger partial charge in [-0.2, -0.15) is 0 Å². The number of aromatic nitrogens is 2. The quantitative estimate of drug-likeness (QED) is 0.617. The SMILES string of the molecule is O=c1[nH]c(Cc2ccccc2)nc2ccc(-c3ccccc3)cc12. The zero-order valence-corrected chi connectivity index (χ0v) is 13.1. The van der Waals surface area contributed by atoms with Gasteiger partial charge in [-0.15, -0.1) is 0 Å². The van der Waals surface area contributed by atoms with Crippen LogP contribution in [0.1, 0.15) is 11.4 Å². The van der Waals surface area contributed by atoms with E-state index in [-0.39, 0.29) is 5.56 Å². The minimum Gasteiger partial charge on any atom is -0.310 e. The molecule has 0 aliphatic carbocycles. The number of nitrogens with zero attached hydrogens (tertiary/aromatic N) is 1. The molecule has 1 heterocycles. The van der Waals surface area contributed by atoms with E-state index in [1.165, 1.54) is 0 Å². The van der Waals surface area contributed by atoms with E-state index in [1.54, 1.807) is 0 Å². The molecule has 4 aromatic rings. The molecule has 3 nitrogen and oxygen atoms in total. The molecule has 116 valence electrons. The maximum absolute atomic E-state index is 12.5. The van der Waals surface area contributed by atoms with Crippen molar-refractivity contribution in [2.75, 3.05) is 0 Å². The van der Waals surface area contributed by atoms with Crippen LogP contribution >= 0.6 is 0 Å². The summed E-state index contributed by atoms with van der Waals surface area (Å²) in [7, 11) is 0. The summed E-state index contributed by atoms with van der Waals surface area (Å²) in [5.41, 5.74) is 3.87. The van der Waals surface area contributed by atoms with Gasteiger partial charge >= 0.3 is 0 Å². The molecule has 1 aromatic heterocycles. The lowest BCUT2D eigenvalue weighted by Crippen LogP contribution is -2.12. The summed E-state index contributed by atoms with van der Waals surface area (Å²) >= 11 is 0. The van der Waals surface area contributed by atoms with Crippen molar-refractivity contribution in [1.29, 1.82) is 0 Å². The molecule has 0 spiro atoms. The normalized spacial score (nSPS) is 10.8. The van der Waals surface area contributed by atoms with Crippen LogP contribution in [0.5, 0.6) is 0 Å². The van der Waals surface area contributed by atoms with Gasteiger partial charge in [-0.05, 0) is 28.8 Å². The number of rotatable bonds is 3. The summed E-state index contributed by atoms with van der Waals surface area (Å²) in [6.45, 7) is 0. The number of H-pyrrole nitrogens is 1. The van der Waals surface area contributed by atoms with E-state index in [9.17, 15) is 4.79 Å². The average molecular weight is 312 g/mol. The summed E-state index contributed by atoms with van der Waals surface area (Å²) in [6, 6.07) is 25.9. The molecule has 0 radical (unpaired) electrons. The monoisotopic (exact) mass is 312 g/mol. The van der Waals surface area contributed by atoms with Gasteiger partial charge in [0.05, 0.1) is 10.9 Å². The van der Waals surface area contributed by atoms with Crippen LogP contribution < -0.4 is 5.56 Å². The second-order valence-corrected chi connectivity index (χ2v) is 5.77. The highest BCUT2D eigenvalue weighted by Gasteiger charge is 2.07. The van der Waals surface area contributed by atoms with Crippen molar-refractivity contribution < 1.29 is 0 Å². The Bertz CT molecular complexity index is 1040. The first-order valence-electron chi connectivity index (χ1n) is 7.92. The Balaban J connectivity index is 1.76. The molecule has 24 heavy (non-hydrogen) atoms. The molecule has 0 aliphatic rings. The molecule has 1 N–H and O–H groups in total. The van der Waals surface area contributed by atoms with Crippen LogP contribution in [0.4, 0.5) is 0 Å². The summed E-state index contributed by atoms with van der Waals surface area (Å²) in [4.78, 5) is 20.0. The van der Waals surface area contributed by atoms with Crippen LogP contribution in [-0.2, 0) is 6.42 Å². The van der Waals surface area contributed by atoms with Crippen LogP contribution in [0.2, 0.25) is 0 Å². The Morgan fingerprint density at radius 1 is 0.792 bits per heavy atom. The van der Waals surface area contributed by atoms with Crippen LogP contribution in [0, 0.1) is 0 Å². The highest BCUT2D eigenvalue weighted by molar-refractivity contribution is 5.83. The van der Waals surface area contributed by atoms with E-state index in [2.05, 4.69) is 9.97 Å². The number of hydrogen-bond donors (Lipinski definition) is 1. The topological polar surface area (TPSA) is 45.8 Å². The smallest absolute Gasteiger partial charge is 0.258 e. The fraction of sp³-hybridized carbons (Fsp3) is 0.0476. The Morgan fingerprint density at radius 2 is 1.50 bits per heavy atom. The molecule has 0 saturated carbocycles. The van der Waals surface area contributed by atoms with Gasteiger partial charge in [0.2, 0.25) is 0 Å². The van der Waals surface area contributed by atoms with E-state index < -0.39 is 0 Å². The fourth-order valence-corrected chi connectivity index (χ4v) is 2.87. The molecule has 4 rings (SSSR count). The van der Waals surface area contributed by atoms with Gasteiger partial charge in [-0.1, -0.05) is 66.7 Å². The van der Waals surface area contributed by atoms with Crippen molar-refractivity contribution in [3.8, 4) is 11.1 Å². The van der Waals surface area contributed by atoms with E-state index in [0.717, 1.165) is 22.2 Å². The largest absolute Gasteiger partial charge is 0.310 e. The first-order valence-corrected chi connectivity index (χ1v) is 7.92. The van der Waals surface area contributed by atoms with Crippen LogP contribution in [-0.4, -0.2) is 9.97 Å². The Kier molecular flexibility index (Phi) is 3.67. The lowest BCUT2D eigenvalue weighted by atomic mass is 10.0. The van der Waals surface area contributed by atoms with Gasteiger partial charge < -0.3 is 4.98 Å². The number of fused-ring (bicyclic) bond motifs is 1. The highest BCUT2D eigenvalue weighted by Crippen LogP contribution is 2.22. The third-order valence-electron chi connectivity index (χ3n) is 4.08. The van der Waals surface area contributed by atoms with Crippen LogP contribution in [0.3, 0.4) is 0 Å². The molecule has 0 aliphatic heterocycles. The molecule has 0 unspecified atom stereocenters. The summed E-state index contributed by atoms with van der Waals surface area (Å²) in [5.74, 6) is 0.686. The molecule has 3 aromatic carbocycles. The van der Waals surface area contributed by atoms with Gasteiger partial charge in [0.1, 0.15) is 5.82 Å². The zero-order chi connectivity index (χ0) is 16.4. The third kappa shape index (κ3) is 2.84. The number of aromatic amines is 1. The van der Waals surface area contributed by atoms with Crippen LogP contribution in [0.15, 0.2) is 83.7 Å². The predicted molar refractivity (Wildman–Crippen MR) is 97.0 cm³/mol. The van der Waals surface area contributed by atoms with Gasteiger partial charge in [0, 0.05) is 6.42 Å². The predicted octanol–water partition coefficient (Wildman–Crippen LogP) is 4.18. The fourth-order valence-electron chi connectivity index (χ4n) is 2.87. The second kappa shape index (κ2) is 6.13. The van der Waals surface area contributed by atoms with Crippen molar-refractivity contribution >= 4 is 10.9 Å².